The van der Waals surface area contributed by atoms with Gasteiger partial charge in [-0.05, 0) is 31.0 Å². The van der Waals surface area contributed by atoms with Crippen LogP contribution in [0.2, 0.25) is 0 Å². The third-order valence-electron chi connectivity index (χ3n) is 2.74. The molecule has 0 amide bonds. The summed E-state index contributed by atoms with van der Waals surface area (Å²) in [5.74, 6) is 0. The lowest BCUT2D eigenvalue weighted by Gasteiger charge is -2.20. The summed E-state index contributed by atoms with van der Waals surface area (Å²) in [6.45, 7) is 4.38. The number of halogens is 1. The Morgan fingerprint density at radius 3 is 2.71 bits per heavy atom. The van der Waals surface area contributed by atoms with Crippen LogP contribution in [0.25, 0.3) is 0 Å². The number of hydrogen-bond donors (Lipinski definition) is 2. The Balaban J connectivity index is 2.94. The molecule has 1 aromatic rings. The van der Waals surface area contributed by atoms with Gasteiger partial charge in [0.25, 0.3) is 0 Å². The summed E-state index contributed by atoms with van der Waals surface area (Å²) in [5.41, 5.74) is 7.67. The highest BCUT2D eigenvalue weighted by molar-refractivity contribution is 9.10. The van der Waals surface area contributed by atoms with Gasteiger partial charge in [0.15, 0.2) is 0 Å². The summed E-state index contributed by atoms with van der Waals surface area (Å²) in [6, 6.07) is 6.42. The van der Waals surface area contributed by atoms with Crippen LogP contribution in [0.3, 0.4) is 0 Å². The third kappa shape index (κ3) is 4.28. The number of rotatable bonds is 6. The summed E-state index contributed by atoms with van der Waals surface area (Å²) < 4.78 is 1.03. The molecule has 2 nitrogen and oxygen atoms in total. The van der Waals surface area contributed by atoms with E-state index in [9.17, 15) is 0 Å². The zero-order valence-electron chi connectivity index (χ0n) is 10.3. The minimum absolute atomic E-state index is 0.436. The molecule has 0 aliphatic carbocycles. The van der Waals surface area contributed by atoms with E-state index in [4.69, 9.17) is 18.0 Å². The molecule has 1 unspecified atom stereocenters. The minimum atomic E-state index is 0.436. The van der Waals surface area contributed by atoms with Crippen molar-refractivity contribution in [2.45, 2.75) is 39.2 Å². The molecule has 0 saturated carbocycles. The fraction of sp³-hybridized carbons (Fsp3) is 0.462. The van der Waals surface area contributed by atoms with Crippen LogP contribution >= 0.6 is 28.1 Å². The molecule has 94 valence electrons. The number of benzene rings is 1. The van der Waals surface area contributed by atoms with Gasteiger partial charge < -0.3 is 11.1 Å². The molecule has 0 radical (unpaired) electrons. The predicted molar refractivity (Wildman–Crippen MR) is 82.6 cm³/mol. The van der Waals surface area contributed by atoms with E-state index in [2.05, 4.69) is 35.1 Å². The van der Waals surface area contributed by atoms with Gasteiger partial charge in [-0.25, -0.2) is 0 Å². The Kier molecular flexibility index (Phi) is 5.92. The lowest BCUT2D eigenvalue weighted by Crippen LogP contribution is -2.21. The molecular weight excluding hydrogens is 296 g/mol. The smallest absolute Gasteiger partial charge is 0.106 e. The maximum absolute atomic E-state index is 5.73. The number of anilines is 1. The van der Waals surface area contributed by atoms with Crippen LogP contribution in [0.15, 0.2) is 22.7 Å². The second-order valence-electron chi connectivity index (χ2n) is 4.09. The Labute approximate surface area is 117 Å². The Morgan fingerprint density at radius 1 is 1.47 bits per heavy atom. The number of nitrogens with one attached hydrogen (secondary N) is 1. The van der Waals surface area contributed by atoms with Gasteiger partial charge in [0.05, 0.1) is 0 Å². The van der Waals surface area contributed by atoms with Crippen LogP contribution in [-0.4, -0.2) is 11.0 Å². The maximum Gasteiger partial charge on any atom is 0.106 e. The first-order chi connectivity index (χ1) is 8.08. The molecule has 17 heavy (non-hydrogen) atoms. The van der Waals surface area contributed by atoms with E-state index in [0.29, 0.717) is 11.0 Å². The predicted octanol–water partition coefficient (Wildman–Crippen LogP) is 4.07. The summed E-state index contributed by atoms with van der Waals surface area (Å²) >= 11 is 8.54. The average molecular weight is 315 g/mol. The molecule has 0 bridgehead atoms. The lowest BCUT2D eigenvalue weighted by atomic mass is 10.1. The van der Waals surface area contributed by atoms with Crippen LogP contribution in [0.5, 0.6) is 0 Å². The van der Waals surface area contributed by atoms with Gasteiger partial charge in [0.2, 0.25) is 0 Å². The zero-order chi connectivity index (χ0) is 12.8. The monoisotopic (exact) mass is 314 g/mol. The van der Waals surface area contributed by atoms with Crippen LogP contribution in [0, 0.1) is 0 Å². The van der Waals surface area contributed by atoms with Crippen molar-refractivity contribution in [1.82, 2.24) is 0 Å². The van der Waals surface area contributed by atoms with Crippen molar-refractivity contribution in [2.24, 2.45) is 5.73 Å². The second-order valence-corrected chi connectivity index (χ2v) is 5.45. The van der Waals surface area contributed by atoms with Crippen LogP contribution in [-0.2, 0) is 0 Å². The molecule has 0 fully saturated rings. The summed E-state index contributed by atoms with van der Waals surface area (Å²) in [4.78, 5) is 0.436. The summed E-state index contributed by atoms with van der Waals surface area (Å²) in [5, 5.41) is 3.52. The highest BCUT2D eigenvalue weighted by atomic mass is 79.9. The summed E-state index contributed by atoms with van der Waals surface area (Å²) in [6.07, 6.45) is 3.42. The summed E-state index contributed by atoms with van der Waals surface area (Å²) in [7, 11) is 0. The molecule has 0 aromatic heterocycles. The number of nitrogens with two attached hydrogens (primary N) is 1. The van der Waals surface area contributed by atoms with E-state index in [0.717, 1.165) is 28.6 Å². The van der Waals surface area contributed by atoms with E-state index in [1.807, 2.05) is 18.2 Å². The van der Waals surface area contributed by atoms with Crippen molar-refractivity contribution in [3.8, 4) is 0 Å². The van der Waals surface area contributed by atoms with Crippen molar-refractivity contribution < 1.29 is 0 Å². The molecule has 0 saturated heterocycles. The van der Waals surface area contributed by atoms with Crippen LogP contribution in [0.4, 0.5) is 5.69 Å². The molecular formula is C13H19BrN2S. The average Bonchev–Trinajstić information content (AvgIpc) is 2.28. The van der Waals surface area contributed by atoms with Crippen LogP contribution < -0.4 is 11.1 Å². The van der Waals surface area contributed by atoms with Crippen molar-refractivity contribution >= 4 is 38.8 Å². The maximum atomic E-state index is 5.73. The molecule has 1 aromatic carbocycles. The van der Waals surface area contributed by atoms with E-state index in [1.54, 1.807) is 0 Å². The Morgan fingerprint density at radius 2 is 2.18 bits per heavy atom. The van der Waals surface area contributed by atoms with E-state index in [1.165, 1.54) is 6.42 Å². The molecule has 0 heterocycles. The van der Waals surface area contributed by atoms with Gasteiger partial charge in [-0.3, -0.25) is 0 Å². The molecule has 0 aliphatic heterocycles. The van der Waals surface area contributed by atoms with Gasteiger partial charge in [-0.1, -0.05) is 48.4 Å². The fourth-order valence-corrected chi connectivity index (χ4v) is 2.34. The van der Waals surface area contributed by atoms with Crippen molar-refractivity contribution in [1.29, 1.82) is 0 Å². The molecule has 0 spiro atoms. The van der Waals surface area contributed by atoms with E-state index in [-0.39, 0.29) is 0 Å². The normalized spacial score (nSPS) is 12.2. The molecule has 1 rings (SSSR count). The largest absolute Gasteiger partial charge is 0.389 e. The van der Waals surface area contributed by atoms with Gasteiger partial charge >= 0.3 is 0 Å². The van der Waals surface area contributed by atoms with Crippen molar-refractivity contribution in [2.75, 3.05) is 5.32 Å². The van der Waals surface area contributed by atoms with E-state index >= 15 is 0 Å². The Hall–Kier alpha value is -0.610. The highest BCUT2D eigenvalue weighted by Gasteiger charge is 2.10. The molecule has 1 atom stereocenters. The first kappa shape index (κ1) is 14.5. The lowest BCUT2D eigenvalue weighted by molar-refractivity contribution is 0.622. The second kappa shape index (κ2) is 6.97. The SMILES string of the molecule is CCCC(CC)Nc1cc(Br)ccc1C(N)=S. The first-order valence-electron chi connectivity index (χ1n) is 5.94. The van der Waals surface area contributed by atoms with Crippen molar-refractivity contribution in [3.05, 3.63) is 28.2 Å². The van der Waals surface area contributed by atoms with Crippen molar-refractivity contribution in [3.63, 3.8) is 0 Å². The fourth-order valence-electron chi connectivity index (χ4n) is 1.80. The first-order valence-corrected chi connectivity index (χ1v) is 7.14. The quantitative estimate of drug-likeness (QED) is 0.777. The molecule has 0 aliphatic rings. The van der Waals surface area contributed by atoms with Gasteiger partial charge in [-0.15, -0.1) is 0 Å². The molecule has 4 heteroatoms. The standard InChI is InChI=1S/C13H19BrN2S/c1-3-5-10(4-2)16-12-8-9(14)6-7-11(12)13(15)17/h6-8,10,16H,3-5H2,1-2H3,(H2,15,17). The molecule has 3 N–H and O–H groups in total. The minimum Gasteiger partial charge on any atom is -0.389 e. The van der Waals surface area contributed by atoms with Crippen LogP contribution in [0.1, 0.15) is 38.7 Å². The van der Waals surface area contributed by atoms with E-state index < -0.39 is 0 Å². The zero-order valence-corrected chi connectivity index (χ0v) is 12.7. The third-order valence-corrected chi connectivity index (χ3v) is 3.45. The number of thiocarbonyl (C=S) groups is 1. The Bertz CT molecular complexity index is 393. The highest BCUT2D eigenvalue weighted by Crippen LogP contribution is 2.23. The van der Waals surface area contributed by atoms with Gasteiger partial charge in [0, 0.05) is 21.8 Å². The van der Waals surface area contributed by atoms with Gasteiger partial charge in [-0.2, -0.15) is 0 Å². The topological polar surface area (TPSA) is 38.0 Å². The number of hydrogen-bond acceptors (Lipinski definition) is 2. The van der Waals surface area contributed by atoms with Gasteiger partial charge in [0.1, 0.15) is 4.99 Å².